The van der Waals surface area contributed by atoms with Crippen LogP contribution in [0.1, 0.15) is 46.5 Å². The summed E-state index contributed by atoms with van der Waals surface area (Å²) in [5.74, 6) is -0.603. The number of halogens is 2. The Kier molecular flexibility index (Phi) is 7.35. The molecule has 0 unspecified atom stereocenters. The van der Waals surface area contributed by atoms with E-state index in [1.165, 1.54) is 21.6 Å². The van der Waals surface area contributed by atoms with E-state index >= 15 is 0 Å². The van der Waals surface area contributed by atoms with Crippen molar-refractivity contribution in [1.82, 2.24) is 19.8 Å². The molecule has 1 aromatic heterocycles. The second kappa shape index (κ2) is 9.91. The number of carbonyl (C=O) groups excluding carboxylic acids is 1. The molecule has 0 aliphatic rings. The first-order valence-corrected chi connectivity index (χ1v) is 11.3. The normalized spacial score (nSPS) is 12.3. The molecule has 0 fully saturated rings. The SMILES string of the molecule is CCNC(=O)Nc1cc(-n2c([C@H](C)N(C(=O)O)C(C)(C)C)nc3cccc(Cl)c3c2=O)ccc1F. The summed E-state index contributed by atoms with van der Waals surface area (Å²) < 4.78 is 15.7. The fourth-order valence-electron chi connectivity index (χ4n) is 3.96. The molecule has 0 radical (unpaired) electrons. The Bertz CT molecular complexity index is 1350. The molecule has 0 aliphatic heterocycles. The number of hydrogen-bond acceptors (Lipinski definition) is 4. The third-order valence-corrected chi connectivity index (χ3v) is 5.67. The van der Waals surface area contributed by atoms with E-state index in [0.717, 1.165) is 6.07 Å². The molecule has 35 heavy (non-hydrogen) atoms. The van der Waals surface area contributed by atoms with Gasteiger partial charge in [0.05, 0.1) is 33.3 Å². The molecule has 3 rings (SSSR count). The van der Waals surface area contributed by atoms with Crippen LogP contribution in [0.3, 0.4) is 0 Å². The summed E-state index contributed by atoms with van der Waals surface area (Å²) in [6.07, 6.45) is -1.20. The molecular formula is C24H27ClFN5O4. The molecule has 3 aromatic rings. The van der Waals surface area contributed by atoms with E-state index in [-0.39, 0.29) is 27.6 Å². The lowest BCUT2D eigenvalue weighted by Gasteiger charge is -2.38. The minimum Gasteiger partial charge on any atom is -0.465 e. The number of fused-ring (bicyclic) bond motifs is 1. The topological polar surface area (TPSA) is 117 Å². The monoisotopic (exact) mass is 503 g/mol. The minimum absolute atomic E-state index is 0.109. The summed E-state index contributed by atoms with van der Waals surface area (Å²) in [5, 5.41) is 15.2. The van der Waals surface area contributed by atoms with Gasteiger partial charge in [-0.1, -0.05) is 17.7 Å². The van der Waals surface area contributed by atoms with E-state index in [9.17, 15) is 23.9 Å². The van der Waals surface area contributed by atoms with Crippen LogP contribution in [0.15, 0.2) is 41.2 Å². The van der Waals surface area contributed by atoms with Gasteiger partial charge in [0.15, 0.2) is 0 Å². The number of anilines is 1. The van der Waals surface area contributed by atoms with Crippen LogP contribution in [0.5, 0.6) is 0 Å². The summed E-state index contributed by atoms with van der Waals surface area (Å²) in [4.78, 5) is 43.7. The Morgan fingerprint density at radius 2 is 1.94 bits per heavy atom. The van der Waals surface area contributed by atoms with Crippen molar-refractivity contribution in [3.05, 3.63) is 63.4 Å². The van der Waals surface area contributed by atoms with Crippen molar-refractivity contribution in [2.75, 3.05) is 11.9 Å². The number of urea groups is 1. The second-order valence-corrected chi connectivity index (χ2v) is 9.30. The molecule has 0 aliphatic carbocycles. The Labute approximate surface area is 206 Å². The molecule has 0 saturated heterocycles. The summed E-state index contributed by atoms with van der Waals surface area (Å²) in [7, 11) is 0. The summed E-state index contributed by atoms with van der Waals surface area (Å²) in [6, 6.07) is 7.04. The van der Waals surface area contributed by atoms with Gasteiger partial charge in [0.1, 0.15) is 11.6 Å². The highest BCUT2D eigenvalue weighted by Gasteiger charge is 2.34. The fraction of sp³-hybridized carbons (Fsp3) is 0.333. The minimum atomic E-state index is -1.20. The number of aromatic nitrogens is 2. The lowest BCUT2D eigenvalue weighted by atomic mass is 10.0. The third-order valence-electron chi connectivity index (χ3n) is 5.36. The van der Waals surface area contributed by atoms with Crippen LogP contribution in [-0.2, 0) is 0 Å². The van der Waals surface area contributed by atoms with E-state index in [2.05, 4.69) is 15.6 Å². The first-order chi connectivity index (χ1) is 16.4. The standard InChI is InChI=1S/C24H27ClFN5O4/c1-6-27-22(33)29-18-12-14(10-11-16(18)26)30-20(13(2)31(23(34)35)24(3,4)5)28-17-9-7-8-15(25)19(17)21(30)32/h7-13H,6H2,1-5H3,(H,34,35)(H2,27,29,33)/t13-/m0/s1. The van der Waals surface area contributed by atoms with E-state index in [0.29, 0.717) is 12.1 Å². The van der Waals surface area contributed by atoms with Crippen molar-refractivity contribution in [3.63, 3.8) is 0 Å². The number of nitrogens with zero attached hydrogens (tertiary/aromatic N) is 3. The number of rotatable bonds is 5. The van der Waals surface area contributed by atoms with Crippen LogP contribution in [0.4, 0.5) is 19.7 Å². The maximum Gasteiger partial charge on any atom is 0.408 e. The van der Waals surface area contributed by atoms with Crippen LogP contribution < -0.4 is 16.2 Å². The van der Waals surface area contributed by atoms with E-state index < -0.39 is 35.1 Å². The van der Waals surface area contributed by atoms with Crippen LogP contribution >= 0.6 is 11.6 Å². The van der Waals surface area contributed by atoms with Crippen molar-refractivity contribution in [2.45, 2.75) is 46.2 Å². The molecule has 3 amide bonds. The van der Waals surface area contributed by atoms with E-state index in [4.69, 9.17) is 11.6 Å². The smallest absolute Gasteiger partial charge is 0.408 e. The second-order valence-electron chi connectivity index (χ2n) is 8.89. The lowest BCUT2D eigenvalue weighted by Crippen LogP contribution is -2.47. The Balaban J connectivity index is 2.34. The summed E-state index contributed by atoms with van der Waals surface area (Å²) in [6.45, 7) is 8.84. The van der Waals surface area contributed by atoms with Gasteiger partial charge in [-0.15, -0.1) is 0 Å². The molecule has 186 valence electrons. The highest BCUT2D eigenvalue weighted by molar-refractivity contribution is 6.35. The summed E-state index contributed by atoms with van der Waals surface area (Å²) in [5.41, 5.74) is -1.08. The molecule has 2 aromatic carbocycles. The Hall–Kier alpha value is -3.66. The van der Waals surface area contributed by atoms with Gasteiger partial charge in [0, 0.05) is 12.1 Å². The molecule has 0 spiro atoms. The zero-order valence-corrected chi connectivity index (χ0v) is 20.8. The van der Waals surface area contributed by atoms with Gasteiger partial charge in [-0.25, -0.2) is 19.0 Å². The Morgan fingerprint density at radius 1 is 1.26 bits per heavy atom. The van der Waals surface area contributed by atoms with Crippen LogP contribution in [0.25, 0.3) is 16.6 Å². The lowest BCUT2D eigenvalue weighted by molar-refractivity contribution is 0.0719. The average molecular weight is 504 g/mol. The van der Waals surface area contributed by atoms with Gasteiger partial charge in [-0.05, 0) is 65.0 Å². The molecule has 11 heteroatoms. The zero-order valence-electron chi connectivity index (χ0n) is 20.0. The molecule has 3 N–H and O–H groups in total. The molecular weight excluding hydrogens is 477 g/mol. The highest BCUT2D eigenvalue weighted by Crippen LogP contribution is 2.30. The predicted octanol–water partition coefficient (Wildman–Crippen LogP) is 5.16. The number of nitrogens with one attached hydrogen (secondary N) is 2. The first-order valence-electron chi connectivity index (χ1n) is 10.9. The van der Waals surface area contributed by atoms with Gasteiger partial charge in [0.2, 0.25) is 0 Å². The average Bonchev–Trinajstić information content (AvgIpc) is 2.74. The van der Waals surface area contributed by atoms with Crippen molar-refractivity contribution in [3.8, 4) is 5.69 Å². The van der Waals surface area contributed by atoms with Crippen molar-refractivity contribution in [1.29, 1.82) is 0 Å². The number of benzene rings is 2. The third kappa shape index (κ3) is 5.22. The first kappa shape index (κ1) is 26.0. The highest BCUT2D eigenvalue weighted by atomic mass is 35.5. The number of hydrogen-bond donors (Lipinski definition) is 3. The maximum atomic E-state index is 14.5. The predicted molar refractivity (Wildman–Crippen MR) is 133 cm³/mol. The fourth-order valence-corrected chi connectivity index (χ4v) is 4.21. The van der Waals surface area contributed by atoms with Gasteiger partial charge < -0.3 is 15.7 Å². The number of carboxylic acid groups (broad SMARTS) is 1. The summed E-state index contributed by atoms with van der Waals surface area (Å²) >= 11 is 6.32. The van der Waals surface area contributed by atoms with Crippen LogP contribution in [-0.4, -0.2) is 43.8 Å². The van der Waals surface area contributed by atoms with E-state index in [1.54, 1.807) is 52.8 Å². The molecule has 9 nitrogen and oxygen atoms in total. The van der Waals surface area contributed by atoms with Crippen molar-refractivity contribution < 1.29 is 19.1 Å². The quantitative estimate of drug-likeness (QED) is 0.444. The Morgan fingerprint density at radius 3 is 2.54 bits per heavy atom. The molecule has 1 atom stereocenters. The zero-order chi connectivity index (χ0) is 26.1. The molecule has 0 saturated carbocycles. The van der Waals surface area contributed by atoms with Gasteiger partial charge in [-0.3, -0.25) is 14.3 Å². The maximum absolute atomic E-state index is 14.5. The van der Waals surface area contributed by atoms with Crippen molar-refractivity contribution >= 4 is 40.3 Å². The van der Waals surface area contributed by atoms with Gasteiger partial charge >= 0.3 is 12.1 Å². The number of carbonyl (C=O) groups is 2. The largest absolute Gasteiger partial charge is 0.465 e. The van der Waals surface area contributed by atoms with Crippen LogP contribution in [0, 0.1) is 5.82 Å². The van der Waals surface area contributed by atoms with Gasteiger partial charge in [0.25, 0.3) is 5.56 Å². The molecule has 0 bridgehead atoms. The number of amides is 3. The molecule has 1 heterocycles. The van der Waals surface area contributed by atoms with Crippen LogP contribution in [0.2, 0.25) is 5.02 Å². The van der Waals surface area contributed by atoms with E-state index in [1.807, 2.05) is 0 Å². The van der Waals surface area contributed by atoms with Gasteiger partial charge in [-0.2, -0.15) is 0 Å². The van der Waals surface area contributed by atoms with Crippen molar-refractivity contribution in [2.24, 2.45) is 0 Å².